The SMILES string of the molecule is CCCN(C(=O)N1CCOC(C(=O)O)C1)C1CC1. The molecule has 1 unspecified atom stereocenters. The van der Waals surface area contributed by atoms with Gasteiger partial charge in [0.1, 0.15) is 0 Å². The summed E-state index contributed by atoms with van der Waals surface area (Å²) in [6.45, 7) is 3.73. The van der Waals surface area contributed by atoms with Crippen molar-refractivity contribution in [1.29, 1.82) is 0 Å². The summed E-state index contributed by atoms with van der Waals surface area (Å²) < 4.78 is 5.12. The summed E-state index contributed by atoms with van der Waals surface area (Å²) in [5.74, 6) is -0.999. The van der Waals surface area contributed by atoms with Crippen LogP contribution in [0, 0.1) is 0 Å². The van der Waals surface area contributed by atoms with Crippen molar-refractivity contribution in [3.63, 3.8) is 0 Å². The smallest absolute Gasteiger partial charge is 0.334 e. The third-order valence-electron chi connectivity index (χ3n) is 3.31. The summed E-state index contributed by atoms with van der Waals surface area (Å²) >= 11 is 0. The van der Waals surface area contributed by atoms with Gasteiger partial charge >= 0.3 is 12.0 Å². The van der Waals surface area contributed by atoms with Crippen LogP contribution in [0.2, 0.25) is 0 Å². The summed E-state index contributed by atoms with van der Waals surface area (Å²) in [5, 5.41) is 8.92. The van der Waals surface area contributed by atoms with E-state index in [2.05, 4.69) is 0 Å². The summed E-state index contributed by atoms with van der Waals surface area (Å²) in [5.41, 5.74) is 0. The molecule has 1 heterocycles. The second-order valence-corrected chi connectivity index (χ2v) is 4.85. The van der Waals surface area contributed by atoms with Gasteiger partial charge in [-0.3, -0.25) is 0 Å². The van der Waals surface area contributed by atoms with Crippen LogP contribution >= 0.6 is 0 Å². The van der Waals surface area contributed by atoms with Gasteiger partial charge in [0.15, 0.2) is 6.10 Å². The molecular formula is C12H20N2O4. The van der Waals surface area contributed by atoms with Gasteiger partial charge in [-0.15, -0.1) is 0 Å². The van der Waals surface area contributed by atoms with E-state index >= 15 is 0 Å². The topological polar surface area (TPSA) is 70.1 Å². The van der Waals surface area contributed by atoms with Gasteiger partial charge in [-0.05, 0) is 19.3 Å². The molecule has 0 aromatic rings. The number of urea groups is 1. The van der Waals surface area contributed by atoms with Crippen LogP contribution in [0.1, 0.15) is 26.2 Å². The number of hydrogen-bond donors (Lipinski definition) is 1. The lowest BCUT2D eigenvalue weighted by Crippen LogP contribution is -2.53. The highest BCUT2D eigenvalue weighted by atomic mass is 16.5. The van der Waals surface area contributed by atoms with E-state index in [1.165, 1.54) is 0 Å². The number of hydrogen-bond acceptors (Lipinski definition) is 3. The van der Waals surface area contributed by atoms with Gasteiger partial charge in [-0.1, -0.05) is 6.92 Å². The first-order chi connectivity index (χ1) is 8.63. The summed E-state index contributed by atoms with van der Waals surface area (Å²) in [4.78, 5) is 26.7. The largest absolute Gasteiger partial charge is 0.479 e. The van der Waals surface area contributed by atoms with Crippen LogP contribution in [0.3, 0.4) is 0 Å². The van der Waals surface area contributed by atoms with E-state index in [4.69, 9.17) is 9.84 Å². The van der Waals surface area contributed by atoms with Gasteiger partial charge in [0.2, 0.25) is 0 Å². The molecule has 1 atom stereocenters. The number of carboxylic acid groups (broad SMARTS) is 1. The molecule has 1 saturated carbocycles. The molecule has 0 aromatic carbocycles. The van der Waals surface area contributed by atoms with Crippen LogP contribution < -0.4 is 0 Å². The molecule has 1 saturated heterocycles. The van der Waals surface area contributed by atoms with Gasteiger partial charge in [0.05, 0.1) is 13.2 Å². The molecule has 0 radical (unpaired) electrons. The number of amides is 2. The van der Waals surface area contributed by atoms with Crippen LogP contribution in [0.25, 0.3) is 0 Å². The fourth-order valence-electron chi connectivity index (χ4n) is 2.22. The Bertz CT molecular complexity index is 330. The van der Waals surface area contributed by atoms with E-state index in [0.717, 1.165) is 25.8 Å². The predicted molar refractivity (Wildman–Crippen MR) is 64.4 cm³/mol. The third kappa shape index (κ3) is 2.93. The molecule has 1 N–H and O–H groups in total. The van der Waals surface area contributed by atoms with Crippen LogP contribution in [-0.2, 0) is 9.53 Å². The lowest BCUT2D eigenvalue weighted by molar-refractivity contribution is -0.154. The van der Waals surface area contributed by atoms with Crippen molar-refractivity contribution in [3.05, 3.63) is 0 Å². The first-order valence-electron chi connectivity index (χ1n) is 6.53. The molecule has 6 nitrogen and oxygen atoms in total. The Morgan fingerprint density at radius 2 is 2.17 bits per heavy atom. The Kier molecular flexibility index (Phi) is 4.06. The zero-order valence-electron chi connectivity index (χ0n) is 10.7. The summed E-state index contributed by atoms with van der Waals surface area (Å²) in [7, 11) is 0. The van der Waals surface area contributed by atoms with Crippen LogP contribution in [0.4, 0.5) is 4.79 Å². The highest BCUT2D eigenvalue weighted by Gasteiger charge is 2.37. The van der Waals surface area contributed by atoms with Gasteiger partial charge in [0, 0.05) is 19.1 Å². The predicted octanol–water partition coefficient (Wildman–Crippen LogP) is 0.766. The molecule has 1 aliphatic carbocycles. The molecule has 2 fully saturated rings. The van der Waals surface area contributed by atoms with E-state index < -0.39 is 12.1 Å². The van der Waals surface area contributed by atoms with Gasteiger partial charge in [-0.2, -0.15) is 0 Å². The summed E-state index contributed by atoms with van der Waals surface area (Å²) in [6, 6.07) is 0.331. The summed E-state index contributed by atoms with van der Waals surface area (Å²) in [6.07, 6.45) is 2.18. The highest BCUT2D eigenvalue weighted by Crippen LogP contribution is 2.28. The molecule has 2 aliphatic rings. The maximum absolute atomic E-state index is 12.3. The van der Waals surface area contributed by atoms with Crippen molar-refractivity contribution in [2.24, 2.45) is 0 Å². The van der Waals surface area contributed by atoms with Crippen LogP contribution in [0.15, 0.2) is 0 Å². The Morgan fingerprint density at radius 1 is 1.44 bits per heavy atom. The minimum Gasteiger partial charge on any atom is -0.479 e. The first-order valence-corrected chi connectivity index (χ1v) is 6.53. The van der Waals surface area contributed by atoms with E-state index in [1.54, 1.807) is 4.90 Å². The number of morpholine rings is 1. The Balaban J connectivity index is 1.96. The van der Waals surface area contributed by atoms with E-state index in [-0.39, 0.29) is 12.6 Å². The number of ether oxygens (including phenoxy) is 1. The molecule has 2 amide bonds. The zero-order valence-corrected chi connectivity index (χ0v) is 10.7. The van der Waals surface area contributed by atoms with Crippen molar-refractivity contribution >= 4 is 12.0 Å². The molecule has 102 valence electrons. The number of rotatable bonds is 4. The Labute approximate surface area is 106 Å². The maximum Gasteiger partial charge on any atom is 0.334 e. The number of nitrogens with zero attached hydrogens (tertiary/aromatic N) is 2. The normalized spacial score (nSPS) is 23.8. The fraction of sp³-hybridized carbons (Fsp3) is 0.833. The fourth-order valence-corrected chi connectivity index (χ4v) is 2.22. The zero-order chi connectivity index (χ0) is 13.1. The van der Waals surface area contributed by atoms with Crippen LogP contribution in [-0.4, -0.2) is 65.3 Å². The Morgan fingerprint density at radius 3 is 2.72 bits per heavy atom. The average Bonchev–Trinajstić information content (AvgIpc) is 3.19. The Hall–Kier alpha value is -1.30. The van der Waals surface area contributed by atoms with Gasteiger partial charge in [-0.25, -0.2) is 9.59 Å². The van der Waals surface area contributed by atoms with Crippen molar-refractivity contribution in [1.82, 2.24) is 9.80 Å². The van der Waals surface area contributed by atoms with Crippen molar-refractivity contribution in [2.45, 2.75) is 38.3 Å². The molecule has 2 rings (SSSR count). The second-order valence-electron chi connectivity index (χ2n) is 4.85. The lowest BCUT2D eigenvalue weighted by atomic mass is 10.3. The van der Waals surface area contributed by atoms with Gasteiger partial charge < -0.3 is 19.6 Å². The second kappa shape index (κ2) is 5.56. The minimum atomic E-state index is -0.999. The van der Waals surface area contributed by atoms with Crippen molar-refractivity contribution in [2.75, 3.05) is 26.2 Å². The molecule has 0 bridgehead atoms. The first kappa shape index (κ1) is 13.1. The van der Waals surface area contributed by atoms with Crippen molar-refractivity contribution in [3.8, 4) is 0 Å². The number of carbonyl (C=O) groups is 2. The number of carboxylic acids is 1. The molecule has 6 heteroatoms. The average molecular weight is 256 g/mol. The van der Waals surface area contributed by atoms with Crippen LogP contribution in [0.5, 0.6) is 0 Å². The van der Waals surface area contributed by atoms with E-state index in [1.807, 2.05) is 11.8 Å². The molecule has 18 heavy (non-hydrogen) atoms. The molecule has 0 spiro atoms. The number of aliphatic carboxylic acids is 1. The number of carbonyl (C=O) groups excluding carboxylic acids is 1. The van der Waals surface area contributed by atoms with Crippen molar-refractivity contribution < 1.29 is 19.4 Å². The maximum atomic E-state index is 12.3. The highest BCUT2D eigenvalue weighted by molar-refractivity contribution is 5.78. The molecule has 1 aliphatic heterocycles. The lowest BCUT2D eigenvalue weighted by Gasteiger charge is -2.35. The minimum absolute atomic E-state index is 0.0334. The van der Waals surface area contributed by atoms with E-state index in [0.29, 0.717) is 19.2 Å². The van der Waals surface area contributed by atoms with E-state index in [9.17, 15) is 9.59 Å². The third-order valence-corrected chi connectivity index (χ3v) is 3.31. The monoisotopic (exact) mass is 256 g/mol. The molecular weight excluding hydrogens is 236 g/mol. The van der Waals surface area contributed by atoms with Gasteiger partial charge in [0.25, 0.3) is 0 Å². The standard InChI is InChI=1S/C12H20N2O4/c1-2-5-14(9-3-4-9)12(17)13-6-7-18-10(8-13)11(15)16/h9-10H,2-8H2,1H3,(H,15,16). The molecule has 0 aromatic heterocycles. The quantitative estimate of drug-likeness (QED) is 0.806.